The van der Waals surface area contributed by atoms with Crippen LogP contribution in [-0.4, -0.2) is 20.4 Å². The van der Waals surface area contributed by atoms with Crippen molar-refractivity contribution < 1.29 is 13.2 Å². The molecular weight excluding hydrogens is 467 g/mol. The van der Waals surface area contributed by atoms with Crippen molar-refractivity contribution in [1.29, 1.82) is 0 Å². The van der Waals surface area contributed by atoms with Crippen LogP contribution in [0.15, 0.2) is 65.6 Å². The minimum absolute atomic E-state index is 0.168. The van der Waals surface area contributed by atoms with Gasteiger partial charge in [-0.1, -0.05) is 71.2 Å². The Labute approximate surface area is 198 Å². The van der Waals surface area contributed by atoms with Gasteiger partial charge in [0.05, 0.1) is 15.6 Å². The molecule has 0 saturated heterocycles. The smallest absolute Gasteiger partial charge is 0.242 e. The highest BCUT2D eigenvalue weighted by Crippen LogP contribution is 2.26. The second-order valence-corrected chi connectivity index (χ2v) is 10.2. The largest absolute Gasteiger partial charge is 0.323 e. The Bertz CT molecular complexity index is 1220. The van der Waals surface area contributed by atoms with Crippen LogP contribution in [0.3, 0.4) is 0 Å². The summed E-state index contributed by atoms with van der Waals surface area (Å²) in [6.07, 6.45) is 0.168. The van der Waals surface area contributed by atoms with Crippen LogP contribution < -0.4 is 10.0 Å². The predicted octanol–water partition coefficient (Wildman–Crippen LogP) is 5.45. The highest BCUT2D eigenvalue weighted by atomic mass is 35.5. The second-order valence-electron chi connectivity index (χ2n) is 7.70. The summed E-state index contributed by atoms with van der Waals surface area (Å²) in [6, 6.07) is 16.4. The van der Waals surface area contributed by atoms with Gasteiger partial charge < -0.3 is 5.32 Å². The van der Waals surface area contributed by atoms with Gasteiger partial charge in [-0.25, -0.2) is 8.42 Å². The zero-order chi connectivity index (χ0) is 23.5. The number of sulfonamides is 1. The number of halogens is 2. The molecule has 3 rings (SSSR count). The molecule has 5 nitrogen and oxygen atoms in total. The van der Waals surface area contributed by atoms with Crippen molar-refractivity contribution in [3.8, 4) is 0 Å². The third-order valence-electron chi connectivity index (χ3n) is 4.96. The van der Waals surface area contributed by atoms with Gasteiger partial charge in [0.2, 0.25) is 15.9 Å². The van der Waals surface area contributed by atoms with Crippen LogP contribution in [-0.2, 0) is 21.2 Å². The van der Waals surface area contributed by atoms with Crippen molar-refractivity contribution in [2.24, 2.45) is 0 Å². The fourth-order valence-electron chi connectivity index (χ4n) is 3.69. The zero-order valence-electron chi connectivity index (χ0n) is 17.9. The topological polar surface area (TPSA) is 75.3 Å². The van der Waals surface area contributed by atoms with Crippen LogP contribution in [0, 0.1) is 20.8 Å². The van der Waals surface area contributed by atoms with E-state index in [1.54, 1.807) is 38.1 Å². The van der Waals surface area contributed by atoms with Gasteiger partial charge in [0.15, 0.2) is 0 Å². The minimum atomic E-state index is -3.98. The second kappa shape index (κ2) is 10.0. The van der Waals surface area contributed by atoms with Gasteiger partial charge in [0.1, 0.15) is 6.04 Å². The Kier molecular flexibility index (Phi) is 7.62. The number of benzene rings is 3. The normalized spacial score (nSPS) is 12.4. The van der Waals surface area contributed by atoms with E-state index in [0.29, 0.717) is 21.8 Å². The average Bonchev–Trinajstić information content (AvgIpc) is 2.69. The zero-order valence-corrected chi connectivity index (χ0v) is 20.3. The van der Waals surface area contributed by atoms with Crippen molar-refractivity contribution in [2.45, 2.75) is 38.1 Å². The van der Waals surface area contributed by atoms with E-state index in [1.807, 2.05) is 37.3 Å². The SMILES string of the molecule is Cc1cc(C)c(S(=O)(=O)NC(Cc2ccccc2)C(=O)Nc2ccc(Cl)cc2Cl)c(C)c1. The first kappa shape index (κ1) is 24.3. The summed E-state index contributed by atoms with van der Waals surface area (Å²) in [6.45, 7) is 5.40. The fraction of sp³-hybridized carbons (Fsp3) is 0.208. The molecule has 0 saturated carbocycles. The van der Waals surface area contributed by atoms with Crippen molar-refractivity contribution in [3.63, 3.8) is 0 Å². The fourth-order valence-corrected chi connectivity index (χ4v) is 5.79. The Morgan fingerprint density at radius 1 is 0.938 bits per heavy atom. The molecule has 0 heterocycles. The minimum Gasteiger partial charge on any atom is -0.323 e. The number of anilines is 1. The molecule has 0 aromatic heterocycles. The molecule has 8 heteroatoms. The molecule has 32 heavy (non-hydrogen) atoms. The number of carbonyl (C=O) groups excluding carboxylic acids is 1. The van der Waals surface area contributed by atoms with E-state index < -0.39 is 22.0 Å². The molecule has 168 valence electrons. The molecule has 0 spiro atoms. The van der Waals surface area contributed by atoms with Crippen LogP contribution in [0.25, 0.3) is 0 Å². The van der Waals surface area contributed by atoms with Gasteiger partial charge in [-0.2, -0.15) is 4.72 Å². The van der Waals surface area contributed by atoms with E-state index in [2.05, 4.69) is 10.0 Å². The highest BCUT2D eigenvalue weighted by Gasteiger charge is 2.28. The first-order valence-electron chi connectivity index (χ1n) is 9.97. The lowest BCUT2D eigenvalue weighted by Crippen LogP contribution is -2.45. The lowest BCUT2D eigenvalue weighted by atomic mass is 10.1. The van der Waals surface area contributed by atoms with Gasteiger partial charge in [0, 0.05) is 5.02 Å². The van der Waals surface area contributed by atoms with Gasteiger partial charge in [-0.05, 0) is 62.1 Å². The van der Waals surface area contributed by atoms with Crippen LogP contribution in [0.1, 0.15) is 22.3 Å². The lowest BCUT2D eigenvalue weighted by molar-refractivity contribution is -0.117. The molecule has 0 aliphatic rings. The molecule has 1 unspecified atom stereocenters. The summed E-state index contributed by atoms with van der Waals surface area (Å²) in [7, 11) is -3.98. The summed E-state index contributed by atoms with van der Waals surface area (Å²) >= 11 is 12.1. The van der Waals surface area contributed by atoms with E-state index in [0.717, 1.165) is 11.1 Å². The molecule has 3 aromatic carbocycles. The maximum atomic E-state index is 13.3. The number of hydrogen-bond acceptors (Lipinski definition) is 3. The van der Waals surface area contributed by atoms with Crippen LogP contribution in [0.4, 0.5) is 5.69 Å². The number of aryl methyl sites for hydroxylation is 3. The maximum Gasteiger partial charge on any atom is 0.242 e. The van der Waals surface area contributed by atoms with E-state index >= 15 is 0 Å². The summed E-state index contributed by atoms with van der Waals surface area (Å²) in [5, 5.41) is 3.41. The molecule has 3 aromatic rings. The van der Waals surface area contributed by atoms with Crippen LogP contribution >= 0.6 is 23.2 Å². The predicted molar refractivity (Wildman–Crippen MR) is 130 cm³/mol. The average molecular weight is 491 g/mol. The molecule has 1 amide bonds. The third-order valence-corrected chi connectivity index (χ3v) is 7.28. The Balaban J connectivity index is 1.94. The monoisotopic (exact) mass is 490 g/mol. The number of nitrogens with one attached hydrogen (secondary N) is 2. The molecule has 1 atom stereocenters. The van der Waals surface area contributed by atoms with Crippen molar-refractivity contribution in [2.75, 3.05) is 5.32 Å². The number of carbonyl (C=O) groups is 1. The van der Waals surface area contributed by atoms with E-state index in [9.17, 15) is 13.2 Å². The van der Waals surface area contributed by atoms with Gasteiger partial charge in [0.25, 0.3) is 0 Å². The standard InChI is InChI=1S/C24H24Cl2N2O3S/c1-15-11-16(2)23(17(3)12-15)32(30,31)28-22(13-18-7-5-4-6-8-18)24(29)27-21-10-9-19(25)14-20(21)26/h4-12,14,22,28H,13H2,1-3H3,(H,27,29). The first-order valence-corrected chi connectivity index (χ1v) is 12.2. The van der Waals surface area contributed by atoms with E-state index in [-0.39, 0.29) is 16.3 Å². The van der Waals surface area contributed by atoms with Crippen LogP contribution in [0.5, 0.6) is 0 Å². The van der Waals surface area contributed by atoms with Crippen molar-refractivity contribution >= 4 is 44.8 Å². The molecule has 0 bridgehead atoms. The molecule has 0 aliphatic heterocycles. The molecule has 0 fully saturated rings. The number of amides is 1. The highest BCUT2D eigenvalue weighted by molar-refractivity contribution is 7.89. The van der Waals surface area contributed by atoms with Gasteiger partial charge in [-0.15, -0.1) is 0 Å². The number of hydrogen-bond donors (Lipinski definition) is 2. The first-order chi connectivity index (χ1) is 15.1. The van der Waals surface area contributed by atoms with Crippen LogP contribution in [0.2, 0.25) is 10.0 Å². The van der Waals surface area contributed by atoms with E-state index in [4.69, 9.17) is 23.2 Å². The summed E-state index contributed by atoms with van der Waals surface area (Å²) in [4.78, 5) is 13.3. The summed E-state index contributed by atoms with van der Waals surface area (Å²) in [5.41, 5.74) is 3.37. The quantitative estimate of drug-likeness (QED) is 0.462. The Morgan fingerprint density at radius 2 is 1.56 bits per heavy atom. The third kappa shape index (κ3) is 5.90. The van der Waals surface area contributed by atoms with Crippen molar-refractivity contribution in [3.05, 3.63) is 93.0 Å². The summed E-state index contributed by atoms with van der Waals surface area (Å²) < 4.78 is 29.2. The van der Waals surface area contributed by atoms with Gasteiger partial charge in [-0.3, -0.25) is 4.79 Å². The van der Waals surface area contributed by atoms with E-state index in [1.165, 1.54) is 6.07 Å². The Hall–Kier alpha value is -2.38. The maximum absolute atomic E-state index is 13.3. The number of rotatable bonds is 7. The molecular formula is C24H24Cl2N2O3S. The molecule has 2 N–H and O–H groups in total. The molecule has 0 aliphatic carbocycles. The molecule has 0 radical (unpaired) electrons. The van der Waals surface area contributed by atoms with Crippen molar-refractivity contribution in [1.82, 2.24) is 4.72 Å². The van der Waals surface area contributed by atoms with Gasteiger partial charge >= 0.3 is 0 Å². The Morgan fingerprint density at radius 3 is 2.16 bits per heavy atom. The lowest BCUT2D eigenvalue weighted by Gasteiger charge is -2.21. The summed E-state index contributed by atoms with van der Waals surface area (Å²) in [5.74, 6) is -0.524.